The lowest BCUT2D eigenvalue weighted by atomic mass is 10.0. The maximum Gasteiger partial charge on any atom is 0.273 e. The van der Waals surface area contributed by atoms with E-state index in [1.165, 1.54) is 0 Å². The summed E-state index contributed by atoms with van der Waals surface area (Å²) >= 11 is 0. The first-order valence-corrected chi connectivity index (χ1v) is 9.55. The Morgan fingerprint density at radius 2 is 1.44 bits per heavy atom. The standard InChI is InChI=1S/C18H29F3O3Si/c1-12(2)22-18(24-25,23-13(3)4)9-7-5-6-8-15-16(20)10-14(19)11-17(15)21/h10-13H,5-9H2,1-4,25H3. The minimum Gasteiger partial charge on any atom is -0.380 e. The lowest BCUT2D eigenvalue weighted by Crippen LogP contribution is -2.42. The number of ether oxygens (including phenoxy) is 2. The van der Waals surface area contributed by atoms with E-state index in [9.17, 15) is 13.2 Å². The molecule has 144 valence electrons. The molecule has 25 heavy (non-hydrogen) atoms. The van der Waals surface area contributed by atoms with E-state index in [-0.39, 0.29) is 24.2 Å². The van der Waals surface area contributed by atoms with Crippen LogP contribution in [0.5, 0.6) is 0 Å². The van der Waals surface area contributed by atoms with Crippen molar-refractivity contribution in [2.75, 3.05) is 0 Å². The van der Waals surface area contributed by atoms with Crippen LogP contribution in [0.4, 0.5) is 13.2 Å². The molecular weight excluding hydrogens is 349 g/mol. The van der Waals surface area contributed by atoms with Gasteiger partial charge in [0.05, 0.1) is 12.2 Å². The lowest BCUT2D eigenvalue weighted by Gasteiger charge is -2.36. The summed E-state index contributed by atoms with van der Waals surface area (Å²) in [6, 6.07) is 1.43. The molecule has 0 aliphatic rings. The summed E-state index contributed by atoms with van der Waals surface area (Å²) in [5.41, 5.74) is -0.0660. The molecule has 0 bridgehead atoms. The SMILES string of the molecule is CC(C)OC(CCCCCc1c(F)cc(F)cc1F)(O[SiH3])OC(C)C. The second-order valence-corrected chi connectivity index (χ2v) is 7.04. The summed E-state index contributed by atoms with van der Waals surface area (Å²) in [6.07, 6.45) is 2.72. The second-order valence-electron chi connectivity index (χ2n) is 6.63. The van der Waals surface area contributed by atoms with E-state index in [0.717, 1.165) is 12.8 Å². The molecule has 0 fully saturated rings. The van der Waals surface area contributed by atoms with Crippen LogP contribution < -0.4 is 0 Å². The molecule has 0 saturated heterocycles. The minimum absolute atomic E-state index is 0.0462. The van der Waals surface area contributed by atoms with Crippen LogP contribution >= 0.6 is 0 Å². The number of halogens is 3. The van der Waals surface area contributed by atoms with E-state index in [4.69, 9.17) is 13.9 Å². The Balaban J connectivity index is 2.54. The van der Waals surface area contributed by atoms with Crippen molar-refractivity contribution in [1.29, 1.82) is 0 Å². The molecule has 0 saturated carbocycles. The van der Waals surface area contributed by atoms with Gasteiger partial charge in [-0.3, -0.25) is 0 Å². The largest absolute Gasteiger partial charge is 0.380 e. The van der Waals surface area contributed by atoms with Crippen LogP contribution in [0.2, 0.25) is 0 Å². The molecule has 0 aliphatic heterocycles. The molecule has 0 heterocycles. The Morgan fingerprint density at radius 3 is 1.88 bits per heavy atom. The van der Waals surface area contributed by atoms with Crippen molar-refractivity contribution < 1.29 is 27.1 Å². The third kappa shape index (κ3) is 7.48. The van der Waals surface area contributed by atoms with Gasteiger partial charge < -0.3 is 13.9 Å². The third-order valence-electron chi connectivity index (χ3n) is 3.66. The second kappa shape index (κ2) is 10.3. The zero-order chi connectivity index (χ0) is 19.0. The van der Waals surface area contributed by atoms with Crippen LogP contribution in [-0.2, 0) is 20.3 Å². The van der Waals surface area contributed by atoms with Crippen molar-refractivity contribution in [2.45, 2.75) is 78.0 Å². The maximum atomic E-state index is 13.6. The third-order valence-corrected chi connectivity index (χ3v) is 4.28. The summed E-state index contributed by atoms with van der Waals surface area (Å²) < 4.78 is 57.4. The Labute approximate surface area is 151 Å². The molecule has 3 nitrogen and oxygen atoms in total. The molecule has 1 aromatic rings. The average Bonchev–Trinajstić information content (AvgIpc) is 2.47. The van der Waals surface area contributed by atoms with Crippen LogP contribution in [0.3, 0.4) is 0 Å². The molecule has 0 unspecified atom stereocenters. The fraction of sp³-hybridized carbons (Fsp3) is 0.667. The van der Waals surface area contributed by atoms with Crippen molar-refractivity contribution in [3.8, 4) is 0 Å². The van der Waals surface area contributed by atoms with Gasteiger partial charge in [-0.1, -0.05) is 6.42 Å². The highest BCUT2D eigenvalue weighted by Crippen LogP contribution is 2.26. The van der Waals surface area contributed by atoms with Crippen molar-refractivity contribution in [1.82, 2.24) is 0 Å². The van der Waals surface area contributed by atoms with Crippen LogP contribution in [-0.4, -0.2) is 28.7 Å². The fourth-order valence-corrected chi connectivity index (χ4v) is 3.09. The fourth-order valence-electron chi connectivity index (χ4n) is 2.69. The van der Waals surface area contributed by atoms with Crippen LogP contribution in [0.1, 0.15) is 58.9 Å². The highest BCUT2D eigenvalue weighted by atomic mass is 28.2. The van der Waals surface area contributed by atoms with Gasteiger partial charge in [0.25, 0.3) is 5.97 Å². The van der Waals surface area contributed by atoms with E-state index in [1.807, 2.05) is 27.7 Å². The summed E-state index contributed by atoms with van der Waals surface area (Å²) in [5, 5.41) is 0. The maximum absolute atomic E-state index is 13.6. The van der Waals surface area contributed by atoms with Crippen LogP contribution in [0.25, 0.3) is 0 Å². The molecule has 7 heteroatoms. The van der Waals surface area contributed by atoms with Crippen molar-refractivity contribution in [2.24, 2.45) is 0 Å². The van der Waals surface area contributed by atoms with Crippen molar-refractivity contribution in [3.63, 3.8) is 0 Å². The molecule has 1 rings (SSSR count). The Bertz CT molecular complexity index is 505. The van der Waals surface area contributed by atoms with Crippen LogP contribution in [0, 0.1) is 17.5 Å². The monoisotopic (exact) mass is 378 g/mol. The van der Waals surface area contributed by atoms with E-state index >= 15 is 0 Å². The molecule has 0 atom stereocenters. The summed E-state index contributed by atoms with van der Waals surface area (Å²) in [4.78, 5) is 0. The van der Waals surface area contributed by atoms with Gasteiger partial charge in [-0.25, -0.2) is 13.2 Å². The van der Waals surface area contributed by atoms with E-state index in [0.29, 0.717) is 35.5 Å². The first-order chi connectivity index (χ1) is 11.7. The first-order valence-electron chi connectivity index (χ1n) is 8.73. The number of unbranched alkanes of at least 4 members (excludes halogenated alkanes) is 2. The first kappa shape index (κ1) is 22.1. The van der Waals surface area contributed by atoms with E-state index < -0.39 is 23.4 Å². The lowest BCUT2D eigenvalue weighted by molar-refractivity contribution is -0.369. The molecule has 1 aromatic carbocycles. The summed E-state index contributed by atoms with van der Waals surface area (Å²) in [7, 11) is 0.468. The van der Waals surface area contributed by atoms with Gasteiger partial charge in [-0.15, -0.1) is 0 Å². The Morgan fingerprint density at radius 1 is 0.920 bits per heavy atom. The molecule has 0 spiro atoms. The average molecular weight is 379 g/mol. The van der Waals surface area contributed by atoms with E-state index in [1.54, 1.807) is 0 Å². The number of benzene rings is 1. The zero-order valence-corrected chi connectivity index (χ0v) is 17.7. The predicted octanol–water partition coefficient (Wildman–Crippen LogP) is 4.01. The number of hydrogen-bond acceptors (Lipinski definition) is 3. The van der Waals surface area contributed by atoms with Gasteiger partial charge in [-0.05, 0) is 47.0 Å². The summed E-state index contributed by atoms with van der Waals surface area (Å²) in [6.45, 7) is 7.66. The molecule has 0 aromatic heterocycles. The van der Waals surface area contributed by atoms with Gasteiger partial charge >= 0.3 is 0 Å². The van der Waals surface area contributed by atoms with Gasteiger partial charge in [0.1, 0.15) is 17.5 Å². The van der Waals surface area contributed by atoms with Gasteiger partial charge in [0.2, 0.25) is 0 Å². The minimum atomic E-state index is -1.05. The van der Waals surface area contributed by atoms with Gasteiger partial charge in [-0.2, -0.15) is 0 Å². The topological polar surface area (TPSA) is 27.7 Å². The highest BCUT2D eigenvalue weighted by Gasteiger charge is 2.33. The highest BCUT2D eigenvalue weighted by molar-refractivity contribution is 5.98. The zero-order valence-electron chi connectivity index (χ0n) is 15.7. The normalized spacial score (nSPS) is 12.5. The van der Waals surface area contributed by atoms with Gasteiger partial charge in [0.15, 0.2) is 10.5 Å². The Kier molecular flexibility index (Phi) is 9.13. The molecule has 0 radical (unpaired) electrons. The molecular formula is C18H29F3O3Si. The number of rotatable bonds is 11. The predicted molar refractivity (Wildman–Crippen MR) is 94.7 cm³/mol. The smallest absolute Gasteiger partial charge is 0.273 e. The molecule has 0 amide bonds. The summed E-state index contributed by atoms with van der Waals surface area (Å²) in [5.74, 6) is -3.62. The quantitative estimate of drug-likeness (QED) is 0.331. The van der Waals surface area contributed by atoms with Crippen LogP contribution in [0.15, 0.2) is 12.1 Å². The van der Waals surface area contributed by atoms with Gasteiger partial charge in [0, 0.05) is 24.1 Å². The van der Waals surface area contributed by atoms with E-state index in [2.05, 4.69) is 0 Å². The molecule has 0 N–H and O–H groups in total. The van der Waals surface area contributed by atoms with Crippen molar-refractivity contribution >= 4 is 10.5 Å². The van der Waals surface area contributed by atoms with Crippen molar-refractivity contribution in [3.05, 3.63) is 35.1 Å². The Hall–Kier alpha value is -0.893. The molecule has 0 aliphatic carbocycles. The number of hydrogen-bond donors (Lipinski definition) is 0.